The standard InChI is InChI=1S/C20H19ClN2/c1-3-14-9-7-10-15(4-2)19(14)23-20(21)18-13-12-16-8-5-6-11-17(16)22-18/h5-13H,3-4H2,1-2H3. The van der Waals surface area contributed by atoms with Crippen molar-refractivity contribution in [2.24, 2.45) is 4.99 Å². The number of benzene rings is 2. The number of aliphatic imine (C=N–C) groups is 1. The first-order valence-electron chi connectivity index (χ1n) is 7.94. The molecule has 0 N–H and O–H groups in total. The summed E-state index contributed by atoms with van der Waals surface area (Å²) < 4.78 is 0. The summed E-state index contributed by atoms with van der Waals surface area (Å²) in [6.07, 6.45) is 1.87. The fourth-order valence-electron chi connectivity index (χ4n) is 2.70. The smallest absolute Gasteiger partial charge is 0.155 e. The molecule has 0 aliphatic rings. The van der Waals surface area contributed by atoms with Crippen molar-refractivity contribution in [3.8, 4) is 0 Å². The third kappa shape index (κ3) is 3.27. The second-order valence-corrected chi connectivity index (χ2v) is 5.78. The van der Waals surface area contributed by atoms with Gasteiger partial charge >= 0.3 is 0 Å². The zero-order chi connectivity index (χ0) is 16.2. The monoisotopic (exact) mass is 322 g/mol. The highest BCUT2D eigenvalue weighted by Gasteiger charge is 2.09. The van der Waals surface area contributed by atoms with Gasteiger partial charge in [-0.05, 0) is 36.1 Å². The molecule has 0 atom stereocenters. The quantitative estimate of drug-likeness (QED) is 0.567. The van der Waals surface area contributed by atoms with Gasteiger partial charge in [-0.25, -0.2) is 9.98 Å². The Labute approximate surface area is 141 Å². The molecular weight excluding hydrogens is 304 g/mol. The van der Waals surface area contributed by atoms with E-state index in [0.717, 1.165) is 29.4 Å². The summed E-state index contributed by atoms with van der Waals surface area (Å²) in [7, 11) is 0. The second kappa shape index (κ2) is 6.93. The molecule has 0 saturated heterocycles. The van der Waals surface area contributed by atoms with E-state index in [1.165, 1.54) is 11.1 Å². The lowest BCUT2D eigenvalue weighted by Crippen LogP contribution is -1.97. The highest BCUT2D eigenvalue weighted by molar-refractivity contribution is 6.69. The number of aromatic nitrogens is 1. The van der Waals surface area contributed by atoms with E-state index in [-0.39, 0.29) is 0 Å². The second-order valence-electron chi connectivity index (χ2n) is 5.42. The number of fused-ring (bicyclic) bond motifs is 1. The predicted octanol–water partition coefficient (Wildman–Crippen LogP) is 5.68. The lowest BCUT2D eigenvalue weighted by atomic mass is 10.0. The zero-order valence-corrected chi connectivity index (χ0v) is 14.1. The summed E-state index contributed by atoms with van der Waals surface area (Å²) in [6.45, 7) is 4.27. The summed E-state index contributed by atoms with van der Waals surface area (Å²) in [4.78, 5) is 9.32. The van der Waals surface area contributed by atoms with Crippen LogP contribution >= 0.6 is 11.6 Å². The first-order valence-corrected chi connectivity index (χ1v) is 8.31. The number of nitrogens with zero attached hydrogens (tertiary/aromatic N) is 2. The normalized spacial score (nSPS) is 11.9. The average molecular weight is 323 g/mol. The minimum atomic E-state index is 0.436. The Kier molecular flexibility index (Phi) is 4.73. The molecule has 0 fully saturated rings. The lowest BCUT2D eigenvalue weighted by molar-refractivity contribution is 1.08. The maximum atomic E-state index is 6.49. The summed E-state index contributed by atoms with van der Waals surface area (Å²) in [5.74, 6) is 0. The minimum Gasteiger partial charge on any atom is -0.245 e. The van der Waals surface area contributed by atoms with Crippen LogP contribution in [0.4, 0.5) is 5.69 Å². The van der Waals surface area contributed by atoms with Crippen LogP contribution in [0.2, 0.25) is 0 Å². The van der Waals surface area contributed by atoms with E-state index in [9.17, 15) is 0 Å². The van der Waals surface area contributed by atoms with Gasteiger partial charge in [0.1, 0.15) is 5.69 Å². The van der Waals surface area contributed by atoms with Crippen molar-refractivity contribution >= 4 is 33.4 Å². The number of hydrogen-bond donors (Lipinski definition) is 0. The molecule has 0 spiro atoms. The van der Waals surface area contributed by atoms with Crippen molar-refractivity contribution < 1.29 is 0 Å². The van der Waals surface area contributed by atoms with E-state index in [2.05, 4.69) is 37.0 Å². The molecule has 23 heavy (non-hydrogen) atoms. The fourth-order valence-corrected chi connectivity index (χ4v) is 2.88. The SMILES string of the molecule is CCc1cccc(CC)c1N=C(Cl)c1ccc2ccccc2n1. The van der Waals surface area contributed by atoms with Crippen LogP contribution in [0.25, 0.3) is 10.9 Å². The van der Waals surface area contributed by atoms with Gasteiger partial charge in [-0.3, -0.25) is 0 Å². The molecule has 0 radical (unpaired) electrons. The number of para-hydroxylation sites is 2. The van der Waals surface area contributed by atoms with E-state index < -0.39 is 0 Å². The number of aryl methyl sites for hydroxylation is 2. The van der Waals surface area contributed by atoms with Gasteiger partial charge < -0.3 is 0 Å². The molecule has 0 amide bonds. The molecule has 2 aromatic carbocycles. The Morgan fingerprint density at radius 3 is 2.30 bits per heavy atom. The van der Waals surface area contributed by atoms with E-state index in [4.69, 9.17) is 16.6 Å². The molecule has 0 aliphatic heterocycles. The Hall–Kier alpha value is -2.19. The van der Waals surface area contributed by atoms with Gasteiger partial charge in [-0.15, -0.1) is 0 Å². The number of halogens is 1. The Morgan fingerprint density at radius 2 is 1.61 bits per heavy atom. The minimum absolute atomic E-state index is 0.436. The van der Waals surface area contributed by atoms with Gasteiger partial charge in [0.2, 0.25) is 0 Å². The summed E-state index contributed by atoms with van der Waals surface area (Å²) in [5.41, 5.74) is 5.04. The van der Waals surface area contributed by atoms with Gasteiger partial charge in [-0.2, -0.15) is 0 Å². The van der Waals surface area contributed by atoms with Crippen molar-refractivity contribution in [3.63, 3.8) is 0 Å². The molecule has 1 heterocycles. The first-order chi connectivity index (χ1) is 11.2. The molecule has 3 rings (SSSR count). The molecule has 0 aliphatic carbocycles. The van der Waals surface area contributed by atoms with Crippen molar-refractivity contribution in [2.45, 2.75) is 26.7 Å². The number of pyridine rings is 1. The molecule has 3 aromatic rings. The van der Waals surface area contributed by atoms with Gasteiger partial charge in [0.25, 0.3) is 0 Å². The van der Waals surface area contributed by atoms with E-state index in [1.807, 2.05) is 36.4 Å². The first kappa shape index (κ1) is 15.7. The van der Waals surface area contributed by atoms with Crippen molar-refractivity contribution in [2.75, 3.05) is 0 Å². The van der Waals surface area contributed by atoms with Crippen LogP contribution in [0.15, 0.2) is 59.6 Å². The molecule has 2 nitrogen and oxygen atoms in total. The third-order valence-electron chi connectivity index (χ3n) is 3.98. The topological polar surface area (TPSA) is 25.2 Å². The van der Waals surface area contributed by atoms with Gasteiger partial charge in [0.05, 0.1) is 11.2 Å². The zero-order valence-electron chi connectivity index (χ0n) is 13.4. The van der Waals surface area contributed by atoms with Gasteiger partial charge in [0.15, 0.2) is 5.17 Å². The Bertz CT molecular complexity index is 846. The van der Waals surface area contributed by atoms with Gasteiger partial charge in [0, 0.05) is 5.39 Å². The molecule has 3 heteroatoms. The molecule has 0 unspecified atom stereocenters. The average Bonchev–Trinajstić information content (AvgIpc) is 2.61. The molecule has 0 bridgehead atoms. The maximum absolute atomic E-state index is 6.49. The van der Waals surface area contributed by atoms with E-state index in [0.29, 0.717) is 10.9 Å². The highest BCUT2D eigenvalue weighted by atomic mass is 35.5. The van der Waals surface area contributed by atoms with Gasteiger partial charge in [-0.1, -0.05) is 67.9 Å². The largest absolute Gasteiger partial charge is 0.245 e. The number of hydrogen-bond acceptors (Lipinski definition) is 2. The van der Waals surface area contributed by atoms with Crippen LogP contribution in [0.3, 0.4) is 0 Å². The maximum Gasteiger partial charge on any atom is 0.155 e. The van der Waals surface area contributed by atoms with Crippen molar-refractivity contribution in [3.05, 3.63) is 71.4 Å². The highest BCUT2D eigenvalue weighted by Crippen LogP contribution is 2.27. The summed E-state index contributed by atoms with van der Waals surface area (Å²) >= 11 is 6.49. The van der Waals surface area contributed by atoms with E-state index >= 15 is 0 Å². The van der Waals surface area contributed by atoms with Crippen LogP contribution in [0, 0.1) is 0 Å². The van der Waals surface area contributed by atoms with Crippen LogP contribution in [0.1, 0.15) is 30.7 Å². The fraction of sp³-hybridized carbons (Fsp3) is 0.200. The van der Waals surface area contributed by atoms with Crippen molar-refractivity contribution in [1.29, 1.82) is 0 Å². The van der Waals surface area contributed by atoms with Crippen LogP contribution in [-0.2, 0) is 12.8 Å². The number of rotatable bonds is 4. The molecule has 1 aromatic heterocycles. The van der Waals surface area contributed by atoms with E-state index in [1.54, 1.807) is 0 Å². The Morgan fingerprint density at radius 1 is 0.913 bits per heavy atom. The lowest BCUT2D eigenvalue weighted by Gasteiger charge is -2.09. The molecule has 116 valence electrons. The predicted molar refractivity (Wildman–Crippen MR) is 99.0 cm³/mol. The third-order valence-corrected chi connectivity index (χ3v) is 4.26. The van der Waals surface area contributed by atoms with Crippen LogP contribution in [-0.4, -0.2) is 10.2 Å². The molecular formula is C20H19ClN2. The Balaban J connectivity index is 2.08. The van der Waals surface area contributed by atoms with Crippen LogP contribution in [0.5, 0.6) is 0 Å². The van der Waals surface area contributed by atoms with Crippen molar-refractivity contribution in [1.82, 2.24) is 4.98 Å². The summed E-state index contributed by atoms with van der Waals surface area (Å²) in [6, 6.07) is 18.3. The van der Waals surface area contributed by atoms with Crippen LogP contribution < -0.4 is 0 Å². The summed E-state index contributed by atoms with van der Waals surface area (Å²) in [5, 5.41) is 1.54. The molecule has 0 saturated carbocycles.